The maximum Gasteiger partial charge on any atom is 0.228 e. The summed E-state index contributed by atoms with van der Waals surface area (Å²) in [6, 6.07) is 18.9. The Morgan fingerprint density at radius 2 is 1.89 bits per heavy atom. The van der Waals surface area contributed by atoms with Gasteiger partial charge in [-0.1, -0.05) is 42.5 Å². The molecular formula is C23H23N3O. The van der Waals surface area contributed by atoms with Gasteiger partial charge in [0.15, 0.2) is 0 Å². The van der Waals surface area contributed by atoms with E-state index >= 15 is 0 Å². The van der Waals surface area contributed by atoms with Crippen LogP contribution in [0.4, 0.5) is 0 Å². The quantitative estimate of drug-likeness (QED) is 0.765. The first-order chi connectivity index (χ1) is 13.2. The van der Waals surface area contributed by atoms with Gasteiger partial charge in [0.25, 0.3) is 0 Å². The van der Waals surface area contributed by atoms with Gasteiger partial charge in [-0.05, 0) is 48.2 Å². The largest absolute Gasteiger partial charge is 0.351 e. The number of carbonyl (C=O) groups is 1. The molecule has 4 heteroatoms. The molecule has 136 valence electrons. The number of pyridine rings is 1. The molecule has 1 unspecified atom stereocenters. The summed E-state index contributed by atoms with van der Waals surface area (Å²) in [5.41, 5.74) is 4.49. The lowest BCUT2D eigenvalue weighted by Gasteiger charge is -2.26. The molecule has 3 heterocycles. The second-order valence-electron chi connectivity index (χ2n) is 7.91. The lowest BCUT2D eigenvalue weighted by Crippen LogP contribution is -2.42. The van der Waals surface area contributed by atoms with Gasteiger partial charge in [-0.3, -0.25) is 14.7 Å². The van der Waals surface area contributed by atoms with Crippen LogP contribution in [0.1, 0.15) is 23.1 Å². The number of hydrogen-bond acceptors (Lipinski definition) is 3. The molecule has 3 aromatic rings. The first kappa shape index (κ1) is 16.5. The van der Waals surface area contributed by atoms with Gasteiger partial charge in [-0.15, -0.1) is 0 Å². The lowest BCUT2D eigenvalue weighted by molar-refractivity contribution is -0.130. The van der Waals surface area contributed by atoms with Gasteiger partial charge in [0.1, 0.15) is 0 Å². The predicted molar refractivity (Wildman–Crippen MR) is 106 cm³/mol. The van der Waals surface area contributed by atoms with Gasteiger partial charge in [0, 0.05) is 31.2 Å². The molecule has 5 rings (SSSR count). The fourth-order valence-corrected chi connectivity index (χ4v) is 4.59. The summed E-state index contributed by atoms with van der Waals surface area (Å²) in [5.74, 6) is 0.206. The molecule has 4 nitrogen and oxygen atoms in total. The van der Waals surface area contributed by atoms with Gasteiger partial charge in [-0.2, -0.15) is 0 Å². The summed E-state index contributed by atoms with van der Waals surface area (Å²) < 4.78 is 0. The van der Waals surface area contributed by atoms with Crippen molar-refractivity contribution in [3.63, 3.8) is 0 Å². The van der Waals surface area contributed by atoms with E-state index in [0.29, 0.717) is 6.54 Å². The van der Waals surface area contributed by atoms with Crippen molar-refractivity contribution >= 4 is 16.8 Å². The molecule has 0 bridgehead atoms. The molecule has 1 amide bonds. The number of nitrogens with zero attached hydrogens (tertiary/aromatic N) is 2. The summed E-state index contributed by atoms with van der Waals surface area (Å²) >= 11 is 0. The second kappa shape index (κ2) is 6.46. The van der Waals surface area contributed by atoms with E-state index in [1.54, 1.807) is 0 Å². The van der Waals surface area contributed by atoms with Gasteiger partial charge in [-0.25, -0.2) is 0 Å². The highest BCUT2D eigenvalue weighted by Crippen LogP contribution is 2.37. The van der Waals surface area contributed by atoms with Crippen LogP contribution in [-0.2, 0) is 24.3 Å². The smallest absolute Gasteiger partial charge is 0.228 e. The minimum atomic E-state index is -0.309. The molecular weight excluding hydrogens is 334 g/mol. The van der Waals surface area contributed by atoms with E-state index in [1.807, 2.05) is 24.4 Å². The number of rotatable bonds is 2. The fourth-order valence-electron chi connectivity index (χ4n) is 4.59. The topological polar surface area (TPSA) is 45.2 Å². The summed E-state index contributed by atoms with van der Waals surface area (Å²) in [7, 11) is 0. The molecule has 2 aliphatic heterocycles. The molecule has 1 saturated heterocycles. The first-order valence-electron chi connectivity index (χ1n) is 9.63. The van der Waals surface area contributed by atoms with E-state index in [4.69, 9.17) is 0 Å². The van der Waals surface area contributed by atoms with Crippen molar-refractivity contribution < 1.29 is 4.79 Å². The Kier molecular flexibility index (Phi) is 3.94. The molecule has 1 fully saturated rings. The maximum absolute atomic E-state index is 12.9. The van der Waals surface area contributed by atoms with Crippen LogP contribution in [0.15, 0.2) is 60.8 Å². The average Bonchev–Trinajstić information content (AvgIpc) is 3.04. The number of benzene rings is 2. The van der Waals surface area contributed by atoms with Crippen molar-refractivity contribution in [2.45, 2.75) is 25.9 Å². The van der Waals surface area contributed by atoms with E-state index in [1.165, 1.54) is 22.1 Å². The van der Waals surface area contributed by atoms with Crippen LogP contribution in [0.3, 0.4) is 0 Å². The highest BCUT2D eigenvalue weighted by molar-refractivity contribution is 5.84. The van der Waals surface area contributed by atoms with Crippen molar-refractivity contribution in [3.8, 4) is 0 Å². The summed E-state index contributed by atoms with van der Waals surface area (Å²) in [6.45, 7) is 3.24. The molecule has 1 spiro atoms. The number of aromatic nitrogens is 1. The number of para-hydroxylation sites is 1. The normalized spacial score (nSPS) is 22.6. The third-order valence-electron chi connectivity index (χ3n) is 6.05. The Balaban J connectivity index is 1.37. The van der Waals surface area contributed by atoms with Crippen LogP contribution >= 0.6 is 0 Å². The van der Waals surface area contributed by atoms with Crippen molar-refractivity contribution in [2.75, 3.05) is 13.1 Å². The molecule has 0 aliphatic carbocycles. The lowest BCUT2D eigenvalue weighted by atomic mass is 9.80. The summed E-state index contributed by atoms with van der Waals surface area (Å²) in [4.78, 5) is 19.9. The fraction of sp³-hybridized carbons (Fsp3) is 0.304. The first-order valence-corrected chi connectivity index (χ1v) is 9.63. The number of carbonyl (C=O) groups excluding carboxylic acids is 1. The van der Waals surface area contributed by atoms with Crippen LogP contribution in [0.5, 0.6) is 0 Å². The standard InChI is InChI=1S/C23H23N3O/c27-22-23(12-19-6-1-2-7-20(19)14-25-22)9-10-26(16-23)15-17-11-18-5-3-4-8-21(18)24-13-17/h1-8,11,13H,9-10,12,14-16H2,(H,25,27). The molecule has 1 aromatic heterocycles. The Labute approximate surface area is 159 Å². The number of fused-ring (bicyclic) bond motifs is 2. The van der Waals surface area contributed by atoms with Crippen LogP contribution in [0.25, 0.3) is 10.9 Å². The monoisotopic (exact) mass is 357 g/mol. The van der Waals surface area contributed by atoms with Crippen molar-refractivity contribution in [2.24, 2.45) is 5.41 Å². The number of likely N-dealkylation sites (tertiary alicyclic amines) is 1. The van der Waals surface area contributed by atoms with Gasteiger partial charge in [0.05, 0.1) is 10.9 Å². The zero-order chi connectivity index (χ0) is 18.3. The van der Waals surface area contributed by atoms with E-state index in [0.717, 1.165) is 38.0 Å². The van der Waals surface area contributed by atoms with E-state index in [2.05, 4.69) is 51.6 Å². The summed E-state index contributed by atoms with van der Waals surface area (Å²) in [5, 5.41) is 4.34. The van der Waals surface area contributed by atoms with Gasteiger partial charge >= 0.3 is 0 Å². The molecule has 2 aliphatic rings. The number of hydrogen-bond donors (Lipinski definition) is 1. The molecule has 1 N–H and O–H groups in total. The van der Waals surface area contributed by atoms with Gasteiger partial charge in [0.2, 0.25) is 5.91 Å². The molecule has 0 saturated carbocycles. The molecule has 27 heavy (non-hydrogen) atoms. The highest BCUT2D eigenvalue weighted by atomic mass is 16.2. The molecule has 2 aromatic carbocycles. The van der Waals surface area contributed by atoms with Crippen molar-refractivity contribution in [3.05, 3.63) is 77.5 Å². The minimum absolute atomic E-state index is 0.206. The Hall–Kier alpha value is -2.72. The third kappa shape index (κ3) is 3.00. The maximum atomic E-state index is 12.9. The Morgan fingerprint density at radius 1 is 1.07 bits per heavy atom. The third-order valence-corrected chi connectivity index (χ3v) is 6.05. The number of amides is 1. The molecule has 1 atom stereocenters. The second-order valence-corrected chi connectivity index (χ2v) is 7.91. The number of nitrogens with one attached hydrogen (secondary N) is 1. The Bertz CT molecular complexity index is 1020. The Morgan fingerprint density at radius 3 is 2.81 bits per heavy atom. The van der Waals surface area contributed by atoms with E-state index in [9.17, 15) is 4.79 Å². The molecule has 0 radical (unpaired) electrons. The minimum Gasteiger partial charge on any atom is -0.351 e. The zero-order valence-corrected chi connectivity index (χ0v) is 15.3. The van der Waals surface area contributed by atoms with Crippen LogP contribution in [0.2, 0.25) is 0 Å². The SMILES string of the molecule is O=C1NCc2ccccc2CC12CCN(Cc1cnc3ccccc3c1)C2. The van der Waals surface area contributed by atoms with E-state index < -0.39 is 0 Å². The van der Waals surface area contributed by atoms with Crippen LogP contribution in [0, 0.1) is 5.41 Å². The van der Waals surface area contributed by atoms with Crippen LogP contribution < -0.4 is 5.32 Å². The van der Waals surface area contributed by atoms with Crippen molar-refractivity contribution in [1.82, 2.24) is 15.2 Å². The van der Waals surface area contributed by atoms with Crippen LogP contribution in [-0.4, -0.2) is 28.9 Å². The van der Waals surface area contributed by atoms with Crippen molar-refractivity contribution in [1.29, 1.82) is 0 Å². The predicted octanol–water partition coefficient (Wildman–Crippen LogP) is 3.30. The average molecular weight is 357 g/mol. The van der Waals surface area contributed by atoms with E-state index in [-0.39, 0.29) is 11.3 Å². The summed E-state index contributed by atoms with van der Waals surface area (Å²) in [6.07, 6.45) is 3.71. The zero-order valence-electron chi connectivity index (χ0n) is 15.3. The highest BCUT2D eigenvalue weighted by Gasteiger charge is 2.45. The van der Waals surface area contributed by atoms with Gasteiger partial charge < -0.3 is 5.32 Å².